The van der Waals surface area contributed by atoms with Crippen LogP contribution in [0.25, 0.3) is 0 Å². The second-order valence-electron chi connectivity index (χ2n) is 4.52. The van der Waals surface area contributed by atoms with Crippen LogP contribution >= 0.6 is 11.6 Å². The van der Waals surface area contributed by atoms with E-state index >= 15 is 0 Å². The van der Waals surface area contributed by atoms with Gasteiger partial charge in [-0.2, -0.15) is 0 Å². The van der Waals surface area contributed by atoms with Gasteiger partial charge in [0.15, 0.2) is 0 Å². The van der Waals surface area contributed by atoms with Crippen LogP contribution in [0.4, 0.5) is 0 Å². The molecule has 0 fully saturated rings. The number of rotatable bonds is 4. The maximum atomic E-state index is 10.8. The van der Waals surface area contributed by atoms with E-state index in [1.54, 1.807) is 12.1 Å². The smallest absolute Gasteiger partial charge is 0.304 e. The largest absolute Gasteiger partial charge is 0.481 e. The molecule has 0 heterocycles. The van der Waals surface area contributed by atoms with Gasteiger partial charge in [-0.05, 0) is 31.5 Å². The summed E-state index contributed by atoms with van der Waals surface area (Å²) >= 11 is 5.79. The van der Waals surface area contributed by atoms with Crippen LogP contribution in [-0.4, -0.2) is 16.6 Å². The minimum atomic E-state index is -0.849. The first-order chi connectivity index (χ1) is 7.30. The van der Waals surface area contributed by atoms with Crippen LogP contribution in [0, 0.1) is 0 Å². The summed E-state index contributed by atoms with van der Waals surface area (Å²) in [6, 6.07) is 7.14. The molecule has 0 aliphatic rings. The van der Waals surface area contributed by atoms with E-state index in [-0.39, 0.29) is 12.3 Å². The van der Waals surface area contributed by atoms with Gasteiger partial charge in [-0.15, -0.1) is 0 Å². The fraction of sp³-hybridized carbons (Fsp3) is 0.417. The molecular weight excluding hydrogens is 226 g/mol. The molecule has 1 atom stereocenters. The Labute approximate surface area is 100 Å². The zero-order chi connectivity index (χ0) is 12.3. The molecule has 0 aliphatic heterocycles. The van der Waals surface area contributed by atoms with Crippen molar-refractivity contribution >= 4 is 17.6 Å². The zero-order valence-electron chi connectivity index (χ0n) is 9.40. The molecule has 0 saturated heterocycles. The molecule has 0 unspecified atom stereocenters. The van der Waals surface area contributed by atoms with Crippen molar-refractivity contribution in [2.24, 2.45) is 5.73 Å². The SMILES string of the molecule is CC(C)(N)[C@H](CC(=O)O)c1ccc(Cl)cc1. The first-order valence-electron chi connectivity index (χ1n) is 5.07. The van der Waals surface area contributed by atoms with Crippen molar-refractivity contribution in [3.63, 3.8) is 0 Å². The summed E-state index contributed by atoms with van der Waals surface area (Å²) < 4.78 is 0. The normalized spacial score (nSPS) is 13.5. The van der Waals surface area contributed by atoms with E-state index in [9.17, 15) is 4.79 Å². The number of benzene rings is 1. The Morgan fingerprint density at radius 1 is 1.44 bits per heavy atom. The Bertz CT molecular complexity index is 368. The lowest BCUT2D eigenvalue weighted by Crippen LogP contribution is -2.40. The summed E-state index contributed by atoms with van der Waals surface area (Å²) in [5.41, 5.74) is 6.33. The van der Waals surface area contributed by atoms with E-state index in [1.165, 1.54) is 0 Å². The minimum Gasteiger partial charge on any atom is -0.481 e. The van der Waals surface area contributed by atoms with Crippen LogP contribution in [0.1, 0.15) is 31.7 Å². The van der Waals surface area contributed by atoms with Crippen molar-refractivity contribution in [2.45, 2.75) is 31.7 Å². The topological polar surface area (TPSA) is 63.3 Å². The lowest BCUT2D eigenvalue weighted by Gasteiger charge is -2.29. The number of aliphatic carboxylic acids is 1. The van der Waals surface area contributed by atoms with Crippen LogP contribution in [0.5, 0.6) is 0 Å². The molecule has 0 amide bonds. The van der Waals surface area contributed by atoms with Crippen LogP contribution in [0.3, 0.4) is 0 Å². The summed E-state index contributed by atoms with van der Waals surface area (Å²) in [5, 5.41) is 9.51. The lowest BCUT2D eigenvalue weighted by atomic mass is 9.80. The van der Waals surface area contributed by atoms with E-state index in [4.69, 9.17) is 22.4 Å². The Hall–Kier alpha value is -1.06. The highest BCUT2D eigenvalue weighted by atomic mass is 35.5. The average molecular weight is 242 g/mol. The van der Waals surface area contributed by atoms with E-state index in [2.05, 4.69) is 0 Å². The summed E-state index contributed by atoms with van der Waals surface area (Å²) in [6.07, 6.45) is 0.0190. The summed E-state index contributed by atoms with van der Waals surface area (Å²) in [7, 11) is 0. The lowest BCUT2D eigenvalue weighted by molar-refractivity contribution is -0.137. The third-order valence-electron chi connectivity index (χ3n) is 2.55. The maximum Gasteiger partial charge on any atom is 0.304 e. The predicted molar refractivity (Wildman–Crippen MR) is 64.7 cm³/mol. The zero-order valence-corrected chi connectivity index (χ0v) is 10.2. The van der Waals surface area contributed by atoms with Gasteiger partial charge in [0.1, 0.15) is 0 Å². The van der Waals surface area contributed by atoms with Gasteiger partial charge in [-0.1, -0.05) is 23.7 Å². The number of carbonyl (C=O) groups is 1. The van der Waals surface area contributed by atoms with E-state index in [0.29, 0.717) is 5.02 Å². The standard InChI is InChI=1S/C12H16ClNO2/c1-12(2,14)10(7-11(15)16)8-3-5-9(13)6-4-8/h3-6,10H,7,14H2,1-2H3,(H,15,16)/t10-/m1/s1. The van der Waals surface area contributed by atoms with Gasteiger partial charge in [-0.3, -0.25) is 4.79 Å². The van der Waals surface area contributed by atoms with Crippen molar-refractivity contribution < 1.29 is 9.90 Å². The molecule has 88 valence electrons. The predicted octanol–water partition coefficient (Wildman–Crippen LogP) is 2.64. The average Bonchev–Trinajstić information content (AvgIpc) is 2.14. The first-order valence-corrected chi connectivity index (χ1v) is 5.44. The van der Waals surface area contributed by atoms with Gasteiger partial charge >= 0.3 is 5.97 Å². The van der Waals surface area contributed by atoms with Crippen molar-refractivity contribution in [3.05, 3.63) is 34.9 Å². The number of halogens is 1. The van der Waals surface area contributed by atoms with Gasteiger partial charge in [0.05, 0.1) is 6.42 Å². The molecule has 4 heteroatoms. The van der Waals surface area contributed by atoms with Gasteiger partial charge in [0.2, 0.25) is 0 Å². The third-order valence-corrected chi connectivity index (χ3v) is 2.80. The van der Waals surface area contributed by atoms with Crippen LogP contribution in [0.15, 0.2) is 24.3 Å². The van der Waals surface area contributed by atoms with Gasteiger partial charge < -0.3 is 10.8 Å². The molecule has 1 rings (SSSR count). The third kappa shape index (κ3) is 3.51. The quantitative estimate of drug-likeness (QED) is 0.852. The number of carboxylic acids is 1. The molecule has 0 bridgehead atoms. The molecule has 0 aromatic heterocycles. The second kappa shape index (κ2) is 4.85. The second-order valence-corrected chi connectivity index (χ2v) is 4.96. The van der Waals surface area contributed by atoms with Crippen molar-refractivity contribution in [3.8, 4) is 0 Å². The molecule has 16 heavy (non-hydrogen) atoms. The Balaban J connectivity index is 3.01. The van der Waals surface area contributed by atoms with Crippen molar-refractivity contribution in [1.29, 1.82) is 0 Å². The molecule has 0 radical (unpaired) electrons. The molecule has 0 saturated carbocycles. The fourth-order valence-corrected chi connectivity index (χ4v) is 1.81. The molecule has 1 aromatic carbocycles. The Morgan fingerprint density at radius 3 is 2.31 bits per heavy atom. The monoisotopic (exact) mass is 241 g/mol. The molecule has 3 nitrogen and oxygen atoms in total. The van der Waals surface area contributed by atoms with Crippen molar-refractivity contribution in [1.82, 2.24) is 0 Å². The highest BCUT2D eigenvalue weighted by molar-refractivity contribution is 6.30. The molecule has 1 aromatic rings. The highest BCUT2D eigenvalue weighted by Crippen LogP contribution is 2.30. The van der Waals surface area contributed by atoms with Gasteiger partial charge in [0, 0.05) is 16.5 Å². The van der Waals surface area contributed by atoms with Gasteiger partial charge in [-0.25, -0.2) is 0 Å². The van der Waals surface area contributed by atoms with Crippen LogP contribution < -0.4 is 5.73 Å². The molecule has 0 aliphatic carbocycles. The minimum absolute atomic E-state index is 0.0190. The Morgan fingerprint density at radius 2 is 1.94 bits per heavy atom. The van der Waals surface area contributed by atoms with E-state index < -0.39 is 11.5 Å². The fourth-order valence-electron chi connectivity index (χ4n) is 1.68. The van der Waals surface area contributed by atoms with Crippen LogP contribution in [-0.2, 0) is 4.79 Å². The number of hydrogen-bond acceptors (Lipinski definition) is 2. The number of hydrogen-bond donors (Lipinski definition) is 2. The summed E-state index contributed by atoms with van der Waals surface area (Å²) in [5.74, 6) is -1.07. The number of carboxylic acid groups (broad SMARTS) is 1. The summed E-state index contributed by atoms with van der Waals surface area (Å²) in [4.78, 5) is 10.8. The highest BCUT2D eigenvalue weighted by Gasteiger charge is 2.28. The summed E-state index contributed by atoms with van der Waals surface area (Å²) in [6.45, 7) is 3.66. The first kappa shape index (κ1) is 13.0. The molecule has 3 N–H and O–H groups in total. The maximum absolute atomic E-state index is 10.8. The van der Waals surface area contributed by atoms with Gasteiger partial charge in [0.25, 0.3) is 0 Å². The van der Waals surface area contributed by atoms with E-state index in [1.807, 2.05) is 26.0 Å². The Kier molecular flexibility index (Phi) is 3.94. The number of nitrogens with two attached hydrogens (primary N) is 1. The van der Waals surface area contributed by atoms with Crippen molar-refractivity contribution in [2.75, 3.05) is 0 Å². The van der Waals surface area contributed by atoms with Crippen LogP contribution in [0.2, 0.25) is 5.02 Å². The van der Waals surface area contributed by atoms with E-state index in [0.717, 1.165) is 5.56 Å². The molecule has 0 spiro atoms. The molecular formula is C12H16ClNO2.